The maximum absolute atomic E-state index is 9.16. The van der Waals surface area contributed by atoms with Gasteiger partial charge in [-0.15, -0.1) is 6.58 Å². The number of fused-ring (bicyclic) bond motifs is 6. The molecule has 5 heteroatoms. The van der Waals surface area contributed by atoms with Crippen molar-refractivity contribution in [3.05, 3.63) is 120 Å². The molecule has 37 heavy (non-hydrogen) atoms. The van der Waals surface area contributed by atoms with Crippen LogP contribution in [0.1, 0.15) is 22.3 Å². The van der Waals surface area contributed by atoms with E-state index in [9.17, 15) is 0 Å². The fourth-order valence-electron chi connectivity index (χ4n) is 4.98. The van der Waals surface area contributed by atoms with Crippen molar-refractivity contribution in [2.24, 2.45) is 0 Å². The summed E-state index contributed by atoms with van der Waals surface area (Å²) in [4.78, 5) is 4.68. The van der Waals surface area contributed by atoms with Crippen molar-refractivity contribution in [2.45, 2.75) is 12.0 Å². The zero-order valence-corrected chi connectivity index (χ0v) is 20.6. The molecule has 0 fully saturated rings. The molecule has 4 aromatic rings. The summed E-state index contributed by atoms with van der Waals surface area (Å²) in [5, 5.41) is 17.6. The number of aromatic nitrogens is 1. The molecule has 1 atom stereocenters. The molecule has 1 aromatic heterocycles. The molecule has 1 aliphatic rings. The van der Waals surface area contributed by atoms with Crippen LogP contribution in [-0.2, 0) is 12.0 Å². The van der Waals surface area contributed by atoms with Gasteiger partial charge in [0.25, 0.3) is 0 Å². The van der Waals surface area contributed by atoms with E-state index < -0.39 is 5.41 Å². The van der Waals surface area contributed by atoms with Crippen LogP contribution in [0.25, 0.3) is 28.1 Å². The molecular weight excluding hydrogens is 458 g/mol. The van der Waals surface area contributed by atoms with Gasteiger partial charge in [0.15, 0.2) is 0 Å². The zero-order chi connectivity index (χ0) is 26.0. The molecule has 0 saturated carbocycles. The van der Waals surface area contributed by atoms with Crippen molar-refractivity contribution >= 4 is 28.9 Å². The third-order valence-corrected chi connectivity index (χ3v) is 6.90. The summed E-state index contributed by atoms with van der Waals surface area (Å²) in [6.45, 7) is 8.52. The van der Waals surface area contributed by atoms with Gasteiger partial charge >= 0.3 is 0 Å². The smallest absolute Gasteiger partial charge is 0.214 e. The lowest BCUT2D eigenvalue weighted by Gasteiger charge is -2.32. The van der Waals surface area contributed by atoms with Crippen molar-refractivity contribution in [3.63, 3.8) is 0 Å². The first kappa shape index (κ1) is 23.9. The Morgan fingerprint density at radius 2 is 1.86 bits per heavy atom. The predicted octanol–water partition coefficient (Wildman–Crippen LogP) is 7.14. The summed E-state index contributed by atoms with van der Waals surface area (Å²) in [6.07, 6.45) is 7.99. The van der Waals surface area contributed by atoms with Crippen LogP contribution >= 0.6 is 0 Å². The number of ether oxygens (including phenoxy) is 2. The van der Waals surface area contributed by atoms with Gasteiger partial charge in [-0.2, -0.15) is 0 Å². The highest BCUT2D eigenvalue weighted by Crippen LogP contribution is 2.41. The molecule has 0 radical (unpaired) electrons. The Kier molecular flexibility index (Phi) is 6.28. The Hall–Kier alpha value is -4.77. The van der Waals surface area contributed by atoms with Crippen LogP contribution in [0.3, 0.4) is 0 Å². The highest BCUT2D eigenvalue weighted by atomic mass is 16.5. The Balaban J connectivity index is 1.91. The number of nitrogens with one attached hydrogen (secondary N) is 2. The Labute approximate surface area is 216 Å². The fraction of sp³-hybridized carbons (Fsp3) is 0.0938. The van der Waals surface area contributed by atoms with Crippen molar-refractivity contribution in [1.29, 1.82) is 10.8 Å². The lowest BCUT2D eigenvalue weighted by Crippen LogP contribution is -2.34. The molecule has 0 spiro atoms. The van der Waals surface area contributed by atoms with E-state index in [0.29, 0.717) is 18.2 Å². The van der Waals surface area contributed by atoms with Crippen LogP contribution in [0.4, 0.5) is 0 Å². The van der Waals surface area contributed by atoms with Crippen molar-refractivity contribution in [3.8, 4) is 22.8 Å². The molecule has 5 rings (SSSR count). The van der Waals surface area contributed by atoms with Gasteiger partial charge in [0.2, 0.25) is 5.88 Å². The Morgan fingerprint density at radius 1 is 1.05 bits per heavy atom. The summed E-state index contributed by atoms with van der Waals surface area (Å²) < 4.78 is 11.8. The number of hydrogen-bond donors (Lipinski definition) is 2. The zero-order valence-electron chi connectivity index (χ0n) is 20.6. The SMILES string of the molecule is C=Cc1ccc2cc1COc1cccc(c1)-c1cc(OC)nc3ccc(cc13)C2(C=C)C(=N)/C=C\C=N. The topological polar surface area (TPSA) is 79.1 Å². The summed E-state index contributed by atoms with van der Waals surface area (Å²) in [5.41, 5.74) is 5.67. The highest BCUT2D eigenvalue weighted by molar-refractivity contribution is 6.08. The first-order valence-corrected chi connectivity index (χ1v) is 11.9. The number of hydrogen-bond acceptors (Lipinski definition) is 5. The first-order valence-electron chi connectivity index (χ1n) is 11.9. The molecule has 6 bridgehead atoms. The van der Waals surface area contributed by atoms with Gasteiger partial charge in [-0.1, -0.05) is 55.1 Å². The molecule has 2 heterocycles. The van der Waals surface area contributed by atoms with Crippen molar-refractivity contribution in [1.82, 2.24) is 4.98 Å². The number of nitrogens with zero attached hydrogens (tertiary/aromatic N) is 1. The van der Waals surface area contributed by atoms with Crippen LogP contribution in [0.15, 0.2) is 98.1 Å². The Morgan fingerprint density at radius 3 is 2.62 bits per heavy atom. The quantitative estimate of drug-likeness (QED) is 0.225. The minimum absolute atomic E-state index is 0.294. The van der Waals surface area contributed by atoms with E-state index in [-0.39, 0.29) is 0 Å². The highest BCUT2D eigenvalue weighted by Gasteiger charge is 2.36. The number of methoxy groups -OCH3 is 1. The molecular formula is C32H27N3O2. The average Bonchev–Trinajstić information content (AvgIpc) is 2.95. The number of pyridine rings is 1. The second-order valence-corrected chi connectivity index (χ2v) is 8.83. The van der Waals surface area contributed by atoms with E-state index in [1.165, 1.54) is 6.21 Å². The second kappa shape index (κ2) is 9.70. The molecule has 2 N–H and O–H groups in total. The third-order valence-electron chi connectivity index (χ3n) is 6.90. The lowest BCUT2D eigenvalue weighted by molar-refractivity contribution is 0.306. The molecule has 182 valence electrons. The summed E-state index contributed by atoms with van der Waals surface area (Å²) in [6, 6.07) is 22.0. The van der Waals surface area contributed by atoms with Crippen LogP contribution in [0, 0.1) is 10.8 Å². The van der Waals surface area contributed by atoms with Gasteiger partial charge in [-0.3, -0.25) is 0 Å². The molecule has 0 aliphatic carbocycles. The standard InChI is InChI=1S/C32H27N3O2/c1-4-21-11-12-24-16-23(21)20-37-26-9-6-8-22(17-26)27-19-31(36-3)35-29-14-13-25(18-28(27)29)32(24,5-2)30(34)10-7-15-33/h4-19,33-34H,1-2,20H2,3H3/b10-7-,33-15?,34-30?. The van der Waals surface area contributed by atoms with Crippen LogP contribution in [0.2, 0.25) is 0 Å². The van der Waals surface area contributed by atoms with Gasteiger partial charge in [0.1, 0.15) is 12.4 Å². The van der Waals surface area contributed by atoms with Gasteiger partial charge < -0.3 is 20.3 Å². The van der Waals surface area contributed by atoms with Gasteiger partial charge in [-0.25, -0.2) is 4.98 Å². The van der Waals surface area contributed by atoms with Gasteiger partial charge in [0, 0.05) is 17.7 Å². The maximum atomic E-state index is 9.16. The van der Waals surface area contributed by atoms with Crippen LogP contribution < -0.4 is 9.47 Å². The molecule has 0 saturated heterocycles. The van der Waals surface area contributed by atoms with Crippen molar-refractivity contribution in [2.75, 3.05) is 7.11 Å². The minimum Gasteiger partial charge on any atom is -0.489 e. The average molecular weight is 486 g/mol. The predicted molar refractivity (Wildman–Crippen MR) is 151 cm³/mol. The monoisotopic (exact) mass is 485 g/mol. The van der Waals surface area contributed by atoms with E-state index in [2.05, 4.69) is 30.3 Å². The minimum atomic E-state index is -0.980. The summed E-state index contributed by atoms with van der Waals surface area (Å²) in [5.74, 6) is 1.26. The number of rotatable bonds is 6. The van der Waals surface area contributed by atoms with Crippen molar-refractivity contribution < 1.29 is 9.47 Å². The van der Waals surface area contributed by atoms with E-state index in [0.717, 1.165) is 50.0 Å². The summed E-state index contributed by atoms with van der Waals surface area (Å²) >= 11 is 0. The lowest BCUT2D eigenvalue weighted by atomic mass is 9.69. The number of benzene rings is 3. The Bertz CT molecular complexity index is 1600. The fourth-order valence-corrected chi connectivity index (χ4v) is 4.98. The van der Waals surface area contributed by atoms with E-state index in [1.54, 1.807) is 25.3 Å². The van der Waals surface area contributed by atoms with Gasteiger partial charge in [-0.05, 0) is 69.8 Å². The normalized spacial score (nSPS) is 16.2. The third kappa shape index (κ3) is 4.04. The number of allylic oxidation sites excluding steroid dienone is 3. The second-order valence-electron chi connectivity index (χ2n) is 8.83. The van der Waals surface area contributed by atoms with Crippen LogP contribution in [0.5, 0.6) is 11.6 Å². The maximum Gasteiger partial charge on any atom is 0.214 e. The van der Waals surface area contributed by atoms with Gasteiger partial charge in [0.05, 0.1) is 23.8 Å². The van der Waals surface area contributed by atoms with E-state index >= 15 is 0 Å². The van der Waals surface area contributed by atoms with E-state index in [1.807, 2.05) is 60.7 Å². The van der Waals surface area contributed by atoms with Crippen LogP contribution in [-0.4, -0.2) is 24.0 Å². The molecule has 5 nitrogen and oxygen atoms in total. The molecule has 0 amide bonds. The first-order chi connectivity index (χ1) is 18.0. The summed E-state index contributed by atoms with van der Waals surface area (Å²) in [7, 11) is 1.61. The molecule has 3 aromatic carbocycles. The molecule has 1 aliphatic heterocycles. The largest absolute Gasteiger partial charge is 0.489 e. The molecule has 1 unspecified atom stereocenters. The van der Waals surface area contributed by atoms with E-state index in [4.69, 9.17) is 20.3 Å².